The fourth-order valence-electron chi connectivity index (χ4n) is 1.56. The van der Waals surface area contributed by atoms with Gasteiger partial charge in [0.15, 0.2) is 11.6 Å². The molecular weight excluding hydrogens is 211 g/mol. The van der Waals surface area contributed by atoms with Crippen LogP contribution in [-0.4, -0.2) is 17.7 Å². The first kappa shape index (κ1) is 10.9. The molecule has 1 saturated carbocycles. The largest absolute Gasteiger partial charge is 0.490 e. The van der Waals surface area contributed by atoms with Crippen LogP contribution in [0.5, 0.6) is 5.75 Å². The molecule has 86 valence electrons. The van der Waals surface area contributed by atoms with Gasteiger partial charge in [0.25, 0.3) is 0 Å². The van der Waals surface area contributed by atoms with Crippen molar-refractivity contribution in [3.8, 4) is 5.75 Å². The first-order chi connectivity index (χ1) is 7.68. The van der Waals surface area contributed by atoms with Gasteiger partial charge in [0, 0.05) is 0 Å². The molecule has 0 bridgehead atoms. The first-order valence-corrected chi connectivity index (χ1v) is 5.33. The summed E-state index contributed by atoms with van der Waals surface area (Å²) < 4.78 is 18.6. The Hall–Kier alpha value is -1.58. The molecule has 1 fully saturated rings. The second-order valence-corrected chi connectivity index (χ2v) is 4.00. The molecular formula is C12H13FO3. The normalized spacial score (nSPS) is 14.8. The highest BCUT2D eigenvalue weighted by Crippen LogP contribution is 2.32. The maximum Gasteiger partial charge on any atom is 0.339 e. The number of halogens is 1. The van der Waals surface area contributed by atoms with E-state index in [4.69, 9.17) is 9.84 Å². The second kappa shape index (κ2) is 4.51. The quantitative estimate of drug-likeness (QED) is 0.836. The van der Waals surface area contributed by atoms with E-state index in [0.717, 1.165) is 6.42 Å². The molecule has 0 radical (unpaired) electrons. The average molecular weight is 224 g/mol. The van der Waals surface area contributed by atoms with Crippen molar-refractivity contribution < 1.29 is 19.0 Å². The van der Waals surface area contributed by atoms with Crippen molar-refractivity contribution in [2.75, 3.05) is 6.61 Å². The molecule has 1 aliphatic rings. The number of hydrogen-bond acceptors (Lipinski definition) is 2. The van der Waals surface area contributed by atoms with E-state index in [0.29, 0.717) is 12.5 Å². The lowest BCUT2D eigenvalue weighted by Gasteiger charge is -2.09. The van der Waals surface area contributed by atoms with Crippen molar-refractivity contribution >= 4 is 5.97 Å². The van der Waals surface area contributed by atoms with Crippen molar-refractivity contribution in [3.05, 3.63) is 29.6 Å². The highest BCUT2D eigenvalue weighted by atomic mass is 19.1. The Kier molecular flexibility index (Phi) is 3.08. The Morgan fingerprint density at radius 1 is 1.50 bits per heavy atom. The smallest absolute Gasteiger partial charge is 0.339 e. The zero-order valence-corrected chi connectivity index (χ0v) is 8.78. The summed E-state index contributed by atoms with van der Waals surface area (Å²) in [5.41, 5.74) is -0.115. The standard InChI is InChI=1S/C12H13FO3/c13-10-3-1-2-9(12(14)15)11(10)16-7-6-8-4-5-8/h1-3,8H,4-7H2,(H,14,15). The summed E-state index contributed by atoms with van der Waals surface area (Å²) in [5.74, 6) is -1.24. The van der Waals surface area contributed by atoms with Crippen LogP contribution >= 0.6 is 0 Å². The maximum absolute atomic E-state index is 13.4. The lowest BCUT2D eigenvalue weighted by molar-refractivity contribution is 0.0691. The van der Waals surface area contributed by atoms with Gasteiger partial charge in [-0.1, -0.05) is 18.9 Å². The molecule has 0 spiro atoms. The molecule has 3 nitrogen and oxygen atoms in total. The van der Waals surface area contributed by atoms with Crippen LogP contribution in [0.25, 0.3) is 0 Å². The summed E-state index contributed by atoms with van der Waals surface area (Å²) in [4.78, 5) is 10.8. The molecule has 1 aliphatic carbocycles. The minimum Gasteiger partial charge on any atom is -0.490 e. The van der Waals surface area contributed by atoms with Crippen molar-refractivity contribution in [3.63, 3.8) is 0 Å². The van der Waals surface area contributed by atoms with E-state index < -0.39 is 11.8 Å². The van der Waals surface area contributed by atoms with E-state index in [1.807, 2.05) is 0 Å². The van der Waals surface area contributed by atoms with E-state index in [1.54, 1.807) is 0 Å². The lowest BCUT2D eigenvalue weighted by atomic mass is 10.2. The Morgan fingerprint density at radius 2 is 2.25 bits per heavy atom. The number of hydrogen-bond donors (Lipinski definition) is 1. The van der Waals surface area contributed by atoms with E-state index >= 15 is 0 Å². The van der Waals surface area contributed by atoms with Crippen LogP contribution in [-0.2, 0) is 0 Å². The van der Waals surface area contributed by atoms with E-state index in [2.05, 4.69) is 0 Å². The molecule has 0 amide bonds. The Balaban J connectivity index is 2.06. The molecule has 0 atom stereocenters. The van der Waals surface area contributed by atoms with Gasteiger partial charge in [-0.05, 0) is 24.5 Å². The number of benzene rings is 1. The SMILES string of the molecule is O=C(O)c1cccc(F)c1OCCC1CC1. The minimum atomic E-state index is -1.17. The zero-order valence-electron chi connectivity index (χ0n) is 8.78. The predicted octanol–water partition coefficient (Wildman–Crippen LogP) is 2.70. The van der Waals surface area contributed by atoms with Gasteiger partial charge in [0.05, 0.1) is 6.61 Å². The van der Waals surface area contributed by atoms with E-state index in [1.165, 1.54) is 31.0 Å². The fourth-order valence-corrected chi connectivity index (χ4v) is 1.56. The van der Waals surface area contributed by atoms with Crippen LogP contribution < -0.4 is 4.74 Å². The molecule has 1 N–H and O–H groups in total. The molecule has 1 aromatic carbocycles. The molecule has 4 heteroatoms. The number of carbonyl (C=O) groups is 1. The van der Waals surface area contributed by atoms with Crippen LogP contribution in [0.2, 0.25) is 0 Å². The van der Waals surface area contributed by atoms with Crippen molar-refractivity contribution in [2.24, 2.45) is 5.92 Å². The van der Waals surface area contributed by atoms with Gasteiger partial charge in [0.1, 0.15) is 5.56 Å². The summed E-state index contributed by atoms with van der Waals surface area (Å²) in [6.07, 6.45) is 3.27. The summed E-state index contributed by atoms with van der Waals surface area (Å²) >= 11 is 0. The van der Waals surface area contributed by atoms with Crippen LogP contribution in [0, 0.1) is 11.7 Å². The van der Waals surface area contributed by atoms with E-state index in [-0.39, 0.29) is 11.3 Å². The van der Waals surface area contributed by atoms with Gasteiger partial charge in [-0.25, -0.2) is 9.18 Å². The van der Waals surface area contributed by atoms with Crippen LogP contribution in [0.4, 0.5) is 4.39 Å². The number of aromatic carboxylic acids is 1. The molecule has 16 heavy (non-hydrogen) atoms. The monoisotopic (exact) mass is 224 g/mol. The fraction of sp³-hybridized carbons (Fsp3) is 0.417. The molecule has 0 heterocycles. The number of para-hydroxylation sites is 1. The third kappa shape index (κ3) is 2.51. The Labute approximate surface area is 92.9 Å². The molecule has 0 aromatic heterocycles. The van der Waals surface area contributed by atoms with Crippen molar-refractivity contribution in [1.29, 1.82) is 0 Å². The summed E-state index contributed by atoms with van der Waals surface area (Å²) in [5, 5.41) is 8.86. The Morgan fingerprint density at radius 3 is 2.88 bits per heavy atom. The minimum absolute atomic E-state index is 0.115. The summed E-state index contributed by atoms with van der Waals surface area (Å²) in [6, 6.07) is 3.92. The highest BCUT2D eigenvalue weighted by Gasteiger charge is 2.22. The van der Waals surface area contributed by atoms with Gasteiger partial charge >= 0.3 is 5.97 Å². The van der Waals surface area contributed by atoms with Gasteiger partial charge < -0.3 is 9.84 Å². The van der Waals surface area contributed by atoms with Gasteiger partial charge in [0.2, 0.25) is 0 Å². The third-order valence-electron chi connectivity index (χ3n) is 2.67. The number of ether oxygens (including phenoxy) is 1. The van der Waals surface area contributed by atoms with Crippen molar-refractivity contribution in [2.45, 2.75) is 19.3 Å². The predicted molar refractivity (Wildman–Crippen MR) is 56.2 cm³/mol. The van der Waals surface area contributed by atoms with E-state index in [9.17, 15) is 9.18 Å². The molecule has 0 unspecified atom stereocenters. The van der Waals surface area contributed by atoms with Crippen molar-refractivity contribution in [1.82, 2.24) is 0 Å². The van der Waals surface area contributed by atoms with Gasteiger partial charge in [-0.3, -0.25) is 0 Å². The van der Waals surface area contributed by atoms with Gasteiger partial charge in [-0.2, -0.15) is 0 Å². The number of carboxylic acids is 1. The zero-order chi connectivity index (χ0) is 11.5. The maximum atomic E-state index is 13.4. The molecule has 0 saturated heterocycles. The molecule has 2 rings (SSSR count). The highest BCUT2D eigenvalue weighted by molar-refractivity contribution is 5.90. The topological polar surface area (TPSA) is 46.5 Å². The molecule has 0 aliphatic heterocycles. The van der Waals surface area contributed by atoms with Crippen LogP contribution in [0.3, 0.4) is 0 Å². The second-order valence-electron chi connectivity index (χ2n) is 4.00. The Bertz CT molecular complexity index is 399. The first-order valence-electron chi connectivity index (χ1n) is 5.33. The third-order valence-corrected chi connectivity index (χ3v) is 2.67. The number of carboxylic acid groups (broad SMARTS) is 1. The average Bonchev–Trinajstić information content (AvgIpc) is 3.04. The summed E-state index contributed by atoms with van der Waals surface area (Å²) in [7, 11) is 0. The van der Waals surface area contributed by atoms with Crippen LogP contribution in [0.1, 0.15) is 29.6 Å². The van der Waals surface area contributed by atoms with Crippen LogP contribution in [0.15, 0.2) is 18.2 Å². The summed E-state index contributed by atoms with van der Waals surface area (Å²) in [6.45, 7) is 0.381. The van der Waals surface area contributed by atoms with Gasteiger partial charge in [-0.15, -0.1) is 0 Å². The lowest BCUT2D eigenvalue weighted by Crippen LogP contribution is -2.06. The molecule has 1 aromatic rings. The number of rotatable bonds is 5.